The minimum absolute atomic E-state index is 0.102. The lowest BCUT2D eigenvalue weighted by Gasteiger charge is -2.16. The summed E-state index contributed by atoms with van der Waals surface area (Å²) >= 11 is 0. The van der Waals surface area contributed by atoms with Gasteiger partial charge < -0.3 is 10.2 Å². The molecule has 1 aliphatic heterocycles. The Morgan fingerprint density at radius 1 is 1.17 bits per heavy atom. The molecule has 1 aromatic rings. The SMILES string of the molecule is O=C(C[S@](=O)C1CCCC1)NCc1ccc(N2CCCC2=O)cc1. The molecule has 0 aromatic heterocycles. The summed E-state index contributed by atoms with van der Waals surface area (Å²) < 4.78 is 12.1. The van der Waals surface area contributed by atoms with Crippen molar-refractivity contribution in [1.82, 2.24) is 5.32 Å². The third-order valence-electron chi connectivity index (χ3n) is 4.76. The van der Waals surface area contributed by atoms with Crippen LogP contribution in [-0.4, -0.2) is 33.6 Å². The molecular weight excluding hydrogens is 324 g/mol. The molecule has 0 radical (unpaired) electrons. The number of hydrogen-bond acceptors (Lipinski definition) is 3. The molecule has 1 aliphatic carbocycles. The first-order chi connectivity index (χ1) is 11.6. The minimum atomic E-state index is -1.05. The van der Waals surface area contributed by atoms with E-state index in [1.165, 1.54) is 0 Å². The number of nitrogens with zero attached hydrogens (tertiary/aromatic N) is 1. The highest BCUT2D eigenvalue weighted by Crippen LogP contribution is 2.23. The van der Waals surface area contributed by atoms with E-state index in [1.54, 1.807) is 4.90 Å². The Hall–Kier alpha value is -1.69. The van der Waals surface area contributed by atoms with Gasteiger partial charge in [-0.25, -0.2) is 0 Å². The monoisotopic (exact) mass is 348 g/mol. The lowest BCUT2D eigenvalue weighted by Crippen LogP contribution is -2.30. The van der Waals surface area contributed by atoms with Crippen molar-refractivity contribution in [2.24, 2.45) is 0 Å². The molecule has 130 valence electrons. The average Bonchev–Trinajstić information content (AvgIpc) is 3.25. The van der Waals surface area contributed by atoms with Gasteiger partial charge in [0.25, 0.3) is 0 Å². The summed E-state index contributed by atoms with van der Waals surface area (Å²) in [4.78, 5) is 25.5. The Balaban J connectivity index is 1.46. The molecule has 1 aromatic carbocycles. The fourth-order valence-corrected chi connectivity index (χ4v) is 4.82. The molecule has 1 saturated carbocycles. The summed E-state index contributed by atoms with van der Waals surface area (Å²) in [5, 5.41) is 3.04. The van der Waals surface area contributed by atoms with Gasteiger partial charge in [-0.1, -0.05) is 25.0 Å². The van der Waals surface area contributed by atoms with Crippen LogP contribution in [0, 0.1) is 0 Å². The fraction of sp³-hybridized carbons (Fsp3) is 0.556. The maximum Gasteiger partial charge on any atom is 0.232 e. The van der Waals surface area contributed by atoms with Crippen molar-refractivity contribution in [2.45, 2.75) is 50.3 Å². The molecule has 2 fully saturated rings. The van der Waals surface area contributed by atoms with Crippen LogP contribution in [0.25, 0.3) is 0 Å². The Bertz CT molecular complexity index is 624. The zero-order valence-corrected chi connectivity index (χ0v) is 14.6. The number of anilines is 1. The normalized spacial score (nSPS) is 19.7. The Kier molecular flexibility index (Phi) is 5.66. The van der Waals surface area contributed by atoms with E-state index in [0.717, 1.165) is 49.9 Å². The molecule has 1 N–H and O–H groups in total. The van der Waals surface area contributed by atoms with E-state index in [1.807, 2.05) is 24.3 Å². The van der Waals surface area contributed by atoms with E-state index in [9.17, 15) is 13.8 Å². The van der Waals surface area contributed by atoms with Crippen molar-refractivity contribution in [3.8, 4) is 0 Å². The predicted octanol–water partition coefficient (Wildman–Crippen LogP) is 2.12. The van der Waals surface area contributed by atoms with Crippen LogP contribution >= 0.6 is 0 Å². The van der Waals surface area contributed by atoms with Crippen LogP contribution in [0.4, 0.5) is 5.69 Å². The van der Waals surface area contributed by atoms with Crippen molar-refractivity contribution < 1.29 is 13.8 Å². The lowest BCUT2D eigenvalue weighted by molar-refractivity contribution is -0.119. The van der Waals surface area contributed by atoms with Crippen LogP contribution < -0.4 is 10.2 Å². The van der Waals surface area contributed by atoms with Gasteiger partial charge in [0.15, 0.2) is 0 Å². The Morgan fingerprint density at radius 2 is 1.88 bits per heavy atom. The van der Waals surface area contributed by atoms with Gasteiger partial charge in [0.2, 0.25) is 11.8 Å². The average molecular weight is 348 g/mol. The van der Waals surface area contributed by atoms with Gasteiger partial charge in [0.1, 0.15) is 5.75 Å². The van der Waals surface area contributed by atoms with E-state index in [4.69, 9.17) is 0 Å². The first kappa shape index (κ1) is 17.1. The van der Waals surface area contributed by atoms with Gasteiger partial charge in [-0.05, 0) is 37.0 Å². The van der Waals surface area contributed by atoms with E-state index < -0.39 is 10.8 Å². The summed E-state index contributed by atoms with van der Waals surface area (Å²) in [5.41, 5.74) is 1.89. The topological polar surface area (TPSA) is 66.5 Å². The molecule has 6 heteroatoms. The lowest BCUT2D eigenvalue weighted by atomic mass is 10.2. The van der Waals surface area contributed by atoms with Crippen molar-refractivity contribution in [1.29, 1.82) is 0 Å². The summed E-state index contributed by atoms with van der Waals surface area (Å²) in [6.07, 6.45) is 5.76. The van der Waals surface area contributed by atoms with Gasteiger partial charge in [0.05, 0.1) is 0 Å². The molecule has 0 unspecified atom stereocenters. The van der Waals surface area contributed by atoms with E-state index in [2.05, 4.69) is 5.32 Å². The van der Waals surface area contributed by atoms with Crippen molar-refractivity contribution in [3.63, 3.8) is 0 Å². The Morgan fingerprint density at radius 3 is 2.50 bits per heavy atom. The maximum atomic E-state index is 12.1. The van der Waals surface area contributed by atoms with Crippen molar-refractivity contribution in [3.05, 3.63) is 29.8 Å². The Labute approximate surface area is 145 Å². The van der Waals surface area contributed by atoms with Gasteiger partial charge in [-0.3, -0.25) is 13.8 Å². The third kappa shape index (κ3) is 4.23. The molecule has 24 heavy (non-hydrogen) atoms. The largest absolute Gasteiger partial charge is 0.351 e. The number of benzene rings is 1. The summed E-state index contributed by atoms with van der Waals surface area (Å²) in [5.74, 6) is 0.120. The van der Waals surface area contributed by atoms with E-state index in [-0.39, 0.29) is 22.8 Å². The number of rotatable bonds is 6. The third-order valence-corrected chi connectivity index (χ3v) is 6.52. The fourth-order valence-electron chi connectivity index (χ4n) is 3.36. The van der Waals surface area contributed by atoms with Gasteiger partial charge in [-0.15, -0.1) is 0 Å². The number of carbonyl (C=O) groups is 2. The molecule has 5 nitrogen and oxygen atoms in total. The van der Waals surface area contributed by atoms with Gasteiger partial charge in [-0.2, -0.15) is 0 Å². The van der Waals surface area contributed by atoms with E-state index >= 15 is 0 Å². The van der Waals surface area contributed by atoms with Crippen LogP contribution in [0.3, 0.4) is 0 Å². The van der Waals surface area contributed by atoms with Crippen LogP contribution in [0.2, 0.25) is 0 Å². The van der Waals surface area contributed by atoms with Crippen molar-refractivity contribution >= 4 is 28.3 Å². The zero-order valence-electron chi connectivity index (χ0n) is 13.8. The second-order valence-electron chi connectivity index (χ2n) is 6.52. The van der Waals surface area contributed by atoms with Gasteiger partial charge in [0, 0.05) is 41.2 Å². The highest BCUT2D eigenvalue weighted by Gasteiger charge is 2.23. The molecule has 1 atom stereocenters. The summed E-state index contributed by atoms with van der Waals surface area (Å²) in [6, 6.07) is 7.69. The number of amides is 2. The first-order valence-corrected chi connectivity index (χ1v) is 10.0. The molecule has 2 amide bonds. The second kappa shape index (κ2) is 7.92. The summed E-state index contributed by atoms with van der Waals surface area (Å²) in [7, 11) is -1.05. The number of hydrogen-bond donors (Lipinski definition) is 1. The quantitative estimate of drug-likeness (QED) is 0.856. The predicted molar refractivity (Wildman–Crippen MR) is 95.1 cm³/mol. The van der Waals surface area contributed by atoms with Crippen LogP contribution in [-0.2, 0) is 26.9 Å². The molecule has 1 heterocycles. The number of nitrogens with one attached hydrogen (secondary N) is 1. The molecule has 2 aliphatic rings. The standard InChI is InChI=1S/C18H24N2O3S/c21-17(13-24(23)16-4-1-2-5-16)19-12-14-7-9-15(10-8-14)20-11-3-6-18(20)22/h7-10,16H,1-6,11-13H2,(H,19,21)/t24-/m0/s1. The van der Waals surface area contributed by atoms with Gasteiger partial charge >= 0.3 is 0 Å². The smallest absolute Gasteiger partial charge is 0.232 e. The first-order valence-electron chi connectivity index (χ1n) is 8.66. The van der Waals surface area contributed by atoms with Crippen LogP contribution in [0.5, 0.6) is 0 Å². The number of carbonyl (C=O) groups excluding carboxylic acids is 2. The molecule has 0 spiro atoms. The van der Waals surface area contributed by atoms with Crippen LogP contribution in [0.15, 0.2) is 24.3 Å². The summed E-state index contributed by atoms with van der Waals surface area (Å²) in [6.45, 7) is 1.21. The van der Waals surface area contributed by atoms with E-state index in [0.29, 0.717) is 13.0 Å². The molecule has 0 bridgehead atoms. The zero-order chi connectivity index (χ0) is 16.9. The molecule has 3 rings (SSSR count). The second-order valence-corrected chi connectivity index (χ2v) is 8.24. The minimum Gasteiger partial charge on any atom is -0.351 e. The highest BCUT2D eigenvalue weighted by molar-refractivity contribution is 7.86. The highest BCUT2D eigenvalue weighted by atomic mass is 32.2. The van der Waals surface area contributed by atoms with Crippen LogP contribution in [0.1, 0.15) is 44.1 Å². The van der Waals surface area contributed by atoms with Crippen molar-refractivity contribution in [2.75, 3.05) is 17.2 Å². The molecule has 1 saturated heterocycles. The maximum absolute atomic E-state index is 12.1. The molecular formula is C18H24N2O3S.